The Morgan fingerprint density at radius 2 is 1.72 bits per heavy atom. The van der Waals surface area contributed by atoms with Crippen molar-refractivity contribution in [1.29, 1.82) is 0 Å². The number of allylic oxidation sites excluding steroid dienone is 2. The summed E-state index contributed by atoms with van der Waals surface area (Å²) in [6, 6.07) is 25.6. The zero-order valence-electron chi connectivity index (χ0n) is 33.9. The molecule has 6 aromatic rings. The maximum atomic E-state index is 13.0. The van der Waals surface area contributed by atoms with Gasteiger partial charge in [-0.1, -0.05) is 42.2 Å². The molecule has 1 saturated heterocycles. The number of imide groups is 1. The fraction of sp³-hybridized carbons (Fsp3) is 0.300. The normalized spacial score (nSPS) is 21.2. The van der Waals surface area contributed by atoms with Crippen LogP contribution in [0.3, 0.4) is 0 Å². The van der Waals surface area contributed by atoms with E-state index in [1.807, 2.05) is 42.9 Å². The van der Waals surface area contributed by atoms with Crippen LogP contribution in [0.15, 0.2) is 104 Å². The molecule has 4 aliphatic rings. The third-order valence-electron chi connectivity index (χ3n) is 12.5. The van der Waals surface area contributed by atoms with Gasteiger partial charge in [-0.25, -0.2) is 4.98 Å². The Labute approximate surface area is 353 Å². The first-order valence-corrected chi connectivity index (χ1v) is 21.1. The Bertz CT molecular complexity index is 2790. The van der Waals surface area contributed by atoms with E-state index in [9.17, 15) is 14.4 Å². The molecule has 61 heavy (non-hydrogen) atoms. The topological polar surface area (TPSA) is 125 Å². The predicted molar refractivity (Wildman–Crippen MR) is 232 cm³/mol. The largest absolute Gasteiger partial charge is 0.481 e. The van der Waals surface area contributed by atoms with E-state index < -0.39 is 11.9 Å². The van der Waals surface area contributed by atoms with Crippen LogP contribution in [0.2, 0.25) is 0 Å². The van der Waals surface area contributed by atoms with Crippen LogP contribution in [0.4, 0.5) is 0 Å². The van der Waals surface area contributed by atoms with Crippen LogP contribution < -0.4 is 14.8 Å². The molecular weight excluding hydrogens is 767 g/mol. The molecule has 2 fully saturated rings. The van der Waals surface area contributed by atoms with Crippen LogP contribution >= 0.6 is 0 Å². The molecule has 3 amide bonds. The van der Waals surface area contributed by atoms with Gasteiger partial charge in [-0.2, -0.15) is 0 Å². The number of aryl methyl sites for hydroxylation is 1. The Balaban J connectivity index is 0.673. The molecule has 3 aromatic carbocycles. The quantitative estimate of drug-likeness (QED) is 0.115. The van der Waals surface area contributed by atoms with Gasteiger partial charge in [0, 0.05) is 90.5 Å². The van der Waals surface area contributed by atoms with Gasteiger partial charge in [0.05, 0.1) is 17.7 Å². The lowest BCUT2D eigenvalue weighted by Gasteiger charge is -2.37. The van der Waals surface area contributed by atoms with Crippen LogP contribution in [0.1, 0.15) is 78.4 Å². The monoisotopic (exact) mass is 811 g/mol. The zero-order valence-corrected chi connectivity index (χ0v) is 33.9. The number of carbonyl (C=O) groups excluding carboxylic acids is 3. The van der Waals surface area contributed by atoms with Crippen LogP contribution in [0.25, 0.3) is 38.5 Å². The highest BCUT2D eigenvalue weighted by atomic mass is 16.5. The van der Waals surface area contributed by atoms with E-state index in [0.717, 1.165) is 66.2 Å². The lowest BCUT2D eigenvalue weighted by atomic mass is 9.91. The molecule has 2 aliphatic heterocycles. The third-order valence-corrected chi connectivity index (χ3v) is 12.5. The number of aromatic nitrogens is 3. The van der Waals surface area contributed by atoms with Crippen LogP contribution in [0.5, 0.6) is 11.6 Å². The number of rotatable bonds is 9. The van der Waals surface area contributed by atoms with E-state index in [2.05, 4.69) is 87.3 Å². The molecule has 2 unspecified atom stereocenters. The molecular formula is C50H45N5O6. The standard InChI is InChI=1S/C50H45N5O6/c1-54-44-20-21-51-29-43(44)42-15-11-34(25-46(42)54)35-12-19-48(52-28-35)61-40-26-39(27-40)60-37-9-3-7-32(10-13-37)33-8-2-5-31(23-33)6-4-22-59-38-14-16-41-36(24-38)30-55(50(41)58)45-17-18-47(56)53-49(45)57/h2,5,7-8,11-12,14-16,19-21,23-25,28-29,37,39-40,45H,3,9-10,13,17-18,22,26-27,30H2,1H3,(H,53,56,57)/t37?,39-,40-,45?. The predicted octanol–water partition coefficient (Wildman–Crippen LogP) is 7.93. The van der Waals surface area contributed by atoms with Crippen LogP contribution in [-0.4, -0.2) is 68.1 Å². The number of hydrogen-bond acceptors (Lipinski definition) is 8. The third kappa shape index (κ3) is 7.87. The van der Waals surface area contributed by atoms with Crippen molar-refractivity contribution in [3.8, 4) is 34.6 Å². The van der Waals surface area contributed by atoms with Crippen molar-refractivity contribution in [2.24, 2.45) is 7.05 Å². The maximum Gasteiger partial charge on any atom is 0.255 e. The number of nitrogens with one attached hydrogen (secondary N) is 1. The fourth-order valence-corrected chi connectivity index (χ4v) is 9.12. The highest BCUT2D eigenvalue weighted by Gasteiger charge is 2.39. The molecule has 11 nitrogen and oxygen atoms in total. The summed E-state index contributed by atoms with van der Waals surface area (Å²) in [6.45, 7) is 0.488. The first kappa shape index (κ1) is 38.4. The van der Waals surface area contributed by atoms with Crippen molar-refractivity contribution in [2.75, 3.05) is 6.61 Å². The number of pyridine rings is 2. The first-order chi connectivity index (χ1) is 29.8. The molecule has 1 saturated carbocycles. The summed E-state index contributed by atoms with van der Waals surface area (Å²) in [7, 11) is 2.09. The molecule has 10 rings (SSSR count). The number of piperidine rings is 1. The lowest BCUT2D eigenvalue weighted by molar-refractivity contribution is -0.136. The van der Waals surface area contributed by atoms with Gasteiger partial charge in [0.25, 0.3) is 5.91 Å². The molecule has 0 radical (unpaired) electrons. The van der Waals surface area contributed by atoms with Gasteiger partial charge in [0.1, 0.15) is 24.5 Å². The van der Waals surface area contributed by atoms with Crippen LogP contribution in [-0.2, 0) is 27.9 Å². The van der Waals surface area contributed by atoms with Gasteiger partial charge in [-0.15, -0.1) is 0 Å². The van der Waals surface area contributed by atoms with Gasteiger partial charge < -0.3 is 23.7 Å². The molecule has 3 aromatic heterocycles. The Kier molecular flexibility index (Phi) is 10.3. The van der Waals surface area contributed by atoms with Crippen molar-refractivity contribution in [1.82, 2.24) is 24.8 Å². The van der Waals surface area contributed by atoms with Crippen molar-refractivity contribution >= 4 is 45.1 Å². The summed E-state index contributed by atoms with van der Waals surface area (Å²) in [6.07, 6.45) is 14.7. The molecule has 5 heterocycles. The van der Waals surface area contributed by atoms with E-state index in [1.54, 1.807) is 12.1 Å². The second-order valence-corrected chi connectivity index (χ2v) is 16.4. The fourth-order valence-electron chi connectivity index (χ4n) is 9.12. The molecule has 306 valence electrons. The number of nitrogens with zero attached hydrogens (tertiary/aromatic N) is 4. The van der Waals surface area contributed by atoms with E-state index in [-0.39, 0.29) is 43.2 Å². The number of benzene rings is 3. The molecule has 2 atom stereocenters. The number of fused-ring (bicyclic) bond motifs is 4. The van der Waals surface area contributed by atoms with Gasteiger partial charge >= 0.3 is 0 Å². The second-order valence-electron chi connectivity index (χ2n) is 16.4. The summed E-state index contributed by atoms with van der Waals surface area (Å²) in [5.41, 5.74) is 9.27. The number of ether oxygens (including phenoxy) is 3. The van der Waals surface area contributed by atoms with Crippen molar-refractivity contribution in [3.63, 3.8) is 0 Å². The van der Waals surface area contributed by atoms with Crippen molar-refractivity contribution < 1.29 is 28.6 Å². The minimum atomic E-state index is -0.646. The highest BCUT2D eigenvalue weighted by molar-refractivity contribution is 6.08. The minimum Gasteiger partial charge on any atom is -0.481 e. The number of amides is 3. The van der Waals surface area contributed by atoms with Gasteiger partial charge in [0.2, 0.25) is 17.7 Å². The Hall–Kier alpha value is -6.77. The molecule has 1 N–H and O–H groups in total. The average molecular weight is 812 g/mol. The van der Waals surface area contributed by atoms with E-state index >= 15 is 0 Å². The SMILES string of the molecule is Cn1c2ccncc2c2ccc(-c3ccc(O[C@H]4C[C@H](OC5CCC=C(c6cccc(C#CCOc7ccc8c(c7)CN(C7CCC(=O)NC7=O)C8=O)c6)CC5)C4)nc3)cc21. The summed E-state index contributed by atoms with van der Waals surface area (Å²) < 4.78 is 21.0. The number of hydrogen-bond donors (Lipinski definition) is 1. The van der Waals surface area contributed by atoms with Gasteiger partial charge in [-0.3, -0.25) is 24.7 Å². The Morgan fingerprint density at radius 1 is 0.820 bits per heavy atom. The molecule has 0 bridgehead atoms. The lowest BCUT2D eigenvalue weighted by Crippen LogP contribution is -2.52. The van der Waals surface area contributed by atoms with Crippen molar-refractivity contribution in [3.05, 3.63) is 126 Å². The molecule has 11 heteroatoms. The van der Waals surface area contributed by atoms with Gasteiger partial charge in [0.15, 0.2) is 0 Å². The summed E-state index contributed by atoms with van der Waals surface area (Å²) in [5, 5.41) is 4.69. The minimum absolute atomic E-state index is 0.106. The summed E-state index contributed by atoms with van der Waals surface area (Å²) in [5.74, 6) is 6.69. The molecule has 2 aliphatic carbocycles. The number of carbonyl (C=O) groups is 3. The van der Waals surface area contributed by atoms with Crippen molar-refractivity contribution in [2.45, 2.75) is 82.3 Å². The van der Waals surface area contributed by atoms with Crippen LogP contribution in [0, 0.1) is 11.8 Å². The smallest absolute Gasteiger partial charge is 0.255 e. The van der Waals surface area contributed by atoms with E-state index in [0.29, 0.717) is 30.2 Å². The van der Waals surface area contributed by atoms with E-state index in [1.165, 1.54) is 32.5 Å². The van der Waals surface area contributed by atoms with E-state index in [4.69, 9.17) is 14.2 Å². The zero-order chi connectivity index (χ0) is 41.5. The Morgan fingerprint density at radius 3 is 2.59 bits per heavy atom. The summed E-state index contributed by atoms with van der Waals surface area (Å²) in [4.78, 5) is 47.5. The molecule has 0 spiro atoms. The summed E-state index contributed by atoms with van der Waals surface area (Å²) >= 11 is 0. The highest BCUT2D eigenvalue weighted by Crippen LogP contribution is 2.35. The average Bonchev–Trinajstić information content (AvgIpc) is 3.61. The second kappa shape index (κ2) is 16.4. The maximum absolute atomic E-state index is 13.0. The van der Waals surface area contributed by atoms with Gasteiger partial charge in [-0.05, 0) is 103 Å². The first-order valence-electron chi connectivity index (χ1n) is 21.1.